The van der Waals surface area contributed by atoms with Crippen LogP contribution in [0, 0.1) is 6.92 Å². The van der Waals surface area contributed by atoms with E-state index in [2.05, 4.69) is 44.0 Å². The van der Waals surface area contributed by atoms with E-state index in [0.29, 0.717) is 23.4 Å². The van der Waals surface area contributed by atoms with E-state index in [0.717, 1.165) is 44.8 Å². The Morgan fingerprint density at radius 3 is 2.59 bits per heavy atom. The number of hydrogen-bond donors (Lipinski definition) is 0. The van der Waals surface area contributed by atoms with Crippen molar-refractivity contribution in [2.45, 2.75) is 35.7 Å². The number of aryl methyl sites for hydroxylation is 1. The zero-order chi connectivity index (χ0) is 25.7. The lowest BCUT2D eigenvalue weighted by atomic mass is 10.0. The van der Waals surface area contributed by atoms with Crippen molar-refractivity contribution in [3.63, 3.8) is 0 Å². The Hall–Kier alpha value is -2.71. The Labute approximate surface area is 232 Å². The van der Waals surface area contributed by atoms with Crippen molar-refractivity contribution in [2.75, 3.05) is 13.1 Å². The van der Waals surface area contributed by atoms with Crippen LogP contribution in [0.3, 0.4) is 0 Å². The molecule has 2 amide bonds. The van der Waals surface area contributed by atoms with Crippen LogP contribution in [0.4, 0.5) is 0 Å². The first-order valence-electron chi connectivity index (χ1n) is 12.1. The molecule has 1 atom stereocenters. The summed E-state index contributed by atoms with van der Waals surface area (Å²) in [4.78, 5) is 37.9. The van der Waals surface area contributed by atoms with Gasteiger partial charge in [0.1, 0.15) is 0 Å². The Balaban J connectivity index is 1.22. The first-order valence-corrected chi connectivity index (χ1v) is 14.1. The summed E-state index contributed by atoms with van der Waals surface area (Å²) in [6.45, 7) is 4.04. The van der Waals surface area contributed by atoms with Gasteiger partial charge in [0.25, 0.3) is 11.8 Å². The predicted octanol–water partition coefficient (Wildman–Crippen LogP) is 6.98. The molecule has 2 aliphatic rings. The van der Waals surface area contributed by atoms with Crippen molar-refractivity contribution in [1.29, 1.82) is 0 Å². The minimum absolute atomic E-state index is 0.162. The lowest BCUT2D eigenvalue weighted by molar-refractivity contribution is 0.0588. The zero-order valence-corrected chi connectivity index (χ0v) is 23.2. The van der Waals surface area contributed by atoms with Crippen LogP contribution < -0.4 is 0 Å². The number of fused-ring (bicyclic) bond motifs is 3. The fourth-order valence-electron chi connectivity index (χ4n) is 5.28. The molecule has 1 fully saturated rings. The number of nitrogens with zero attached hydrogens (tertiary/aromatic N) is 3. The number of pyridine rings is 1. The van der Waals surface area contributed by atoms with Gasteiger partial charge in [0.2, 0.25) is 0 Å². The Morgan fingerprint density at radius 1 is 1.03 bits per heavy atom. The third-order valence-electron chi connectivity index (χ3n) is 7.01. The van der Waals surface area contributed by atoms with Crippen molar-refractivity contribution in [2.24, 2.45) is 0 Å². The summed E-state index contributed by atoms with van der Waals surface area (Å²) in [5, 5.41) is 1.44. The number of benzene rings is 3. The highest BCUT2D eigenvalue weighted by atomic mass is 79.9. The highest BCUT2D eigenvalue weighted by Gasteiger charge is 2.44. The summed E-state index contributed by atoms with van der Waals surface area (Å²) in [5.41, 5.74) is 3.48. The second-order valence-corrected chi connectivity index (χ2v) is 11.9. The standard InChI is InChI=1S/C29H23BrClN3O2S/c1-17-26-27(23-14-19(30)6-11-24(23)32-17)29(36)34(28(26)35)21-12-13-33(16-21)15-18-4-2-3-5-25(18)37-22-9-7-20(31)8-10-22/h2-11,14,21H,12-13,15-16H2,1H3. The van der Waals surface area contributed by atoms with Gasteiger partial charge < -0.3 is 0 Å². The molecule has 6 rings (SSSR count). The number of aromatic nitrogens is 1. The summed E-state index contributed by atoms with van der Waals surface area (Å²) in [6.07, 6.45) is 0.756. The van der Waals surface area contributed by atoms with E-state index in [4.69, 9.17) is 11.6 Å². The van der Waals surface area contributed by atoms with Gasteiger partial charge >= 0.3 is 0 Å². The SMILES string of the molecule is Cc1nc2ccc(Br)cc2c2c1C(=O)N(C1CCN(Cc3ccccc3Sc3ccc(Cl)cc3)C1)C2=O. The number of likely N-dealkylation sites (tertiary alicyclic amines) is 1. The molecule has 3 aromatic carbocycles. The third kappa shape index (κ3) is 4.59. The summed E-state index contributed by atoms with van der Waals surface area (Å²) in [7, 11) is 0. The maximum absolute atomic E-state index is 13.6. The molecule has 1 saturated heterocycles. The van der Waals surface area contributed by atoms with E-state index < -0.39 is 0 Å². The fraction of sp³-hybridized carbons (Fsp3) is 0.207. The molecular weight excluding hydrogens is 570 g/mol. The van der Waals surface area contributed by atoms with Gasteiger partial charge in [0.15, 0.2) is 0 Å². The first-order chi connectivity index (χ1) is 17.9. The lowest BCUT2D eigenvalue weighted by Gasteiger charge is -2.23. The van der Waals surface area contributed by atoms with E-state index in [9.17, 15) is 9.59 Å². The predicted molar refractivity (Wildman–Crippen MR) is 150 cm³/mol. The first kappa shape index (κ1) is 24.6. The quantitative estimate of drug-likeness (QED) is 0.234. The molecule has 0 aliphatic carbocycles. The monoisotopic (exact) mass is 591 g/mol. The third-order valence-corrected chi connectivity index (χ3v) is 8.89. The average molecular weight is 593 g/mol. The molecule has 2 aliphatic heterocycles. The highest BCUT2D eigenvalue weighted by molar-refractivity contribution is 9.10. The smallest absolute Gasteiger partial charge is 0.263 e. The van der Waals surface area contributed by atoms with Gasteiger partial charge in [-0.3, -0.25) is 24.4 Å². The topological polar surface area (TPSA) is 53.5 Å². The Kier molecular flexibility index (Phi) is 6.57. The molecule has 0 N–H and O–H groups in total. The van der Waals surface area contributed by atoms with Crippen LogP contribution in [0.5, 0.6) is 0 Å². The molecule has 0 saturated carbocycles. The molecule has 8 heteroatoms. The van der Waals surface area contributed by atoms with E-state index in [1.54, 1.807) is 11.8 Å². The van der Waals surface area contributed by atoms with Crippen LogP contribution in [-0.2, 0) is 6.54 Å². The molecule has 1 aromatic heterocycles. The molecule has 0 radical (unpaired) electrons. The largest absolute Gasteiger partial charge is 0.297 e. The number of imide groups is 1. The number of halogens is 2. The van der Waals surface area contributed by atoms with E-state index in [-0.39, 0.29) is 17.9 Å². The van der Waals surface area contributed by atoms with Crippen molar-refractivity contribution in [1.82, 2.24) is 14.8 Å². The molecule has 5 nitrogen and oxygen atoms in total. The molecule has 186 valence electrons. The minimum Gasteiger partial charge on any atom is -0.297 e. The second kappa shape index (κ2) is 9.87. The van der Waals surface area contributed by atoms with Crippen molar-refractivity contribution in [3.8, 4) is 0 Å². The van der Waals surface area contributed by atoms with E-state index in [1.807, 2.05) is 55.5 Å². The molecule has 0 bridgehead atoms. The van der Waals surface area contributed by atoms with Gasteiger partial charge in [0.05, 0.1) is 28.4 Å². The van der Waals surface area contributed by atoms with Crippen molar-refractivity contribution >= 4 is 62.0 Å². The fourth-order valence-corrected chi connectivity index (χ4v) is 6.70. The van der Waals surface area contributed by atoms with Crippen LogP contribution in [0.15, 0.2) is 81.0 Å². The lowest BCUT2D eigenvalue weighted by Crippen LogP contribution is -2.41. The molecule has 3 heterocycles. The summed E-state index contributed by atoms with van der Waals surface area (Å²) in [6, 6.07) is 21.7. The van der Waals surface area contributed by atoms with Crippen LogP contribution in [0.2, 0.25) is 5.02 Å². The Bertz CT molecular complexity index is 1560. The number of rotatable bonds is 5. The normalized spacial score (nSPS) is 17.7. The highest BCUT2D eigenvalue weighted by Crippen LogP contribution is 2.36. The van der Waals surface area contributed by atoms with Crippen molar-refractivity contribution < 1.29 is 9.59 Å². The average Bonchev–Trinajstić information content (AvgIpc) is 3.44. The van der Waals surface area contributed by atoms with Gasteiger partial charge in [-0.25, -0.2) is 0 Å². The summed E-state index contributed by atoms with van der Waals surface area (Å²) >= 11 is 11.3. The molecular formula is C29H23BrClN3O2S. The minimum atomic E-state index is -0.225. The maximum atomic E-state index is 13.6. The van der Waals surface area contributed by atoms with Gasteiger partial charge in [-0.05, 0) is 67.4 Å². The summed E-state index contributed by atoms with van der Waals surface area (Å²) in [5.74, 6) is -0.434. The summed E-state index contributed by atoms with van der Waals surface area (Å²) < 4.78 is 0.855. The van der Waals surface area contributed by atoms with Crippen LogP contribution in [0.1, 0.15) is 38.4 Å². The van der Waals surface area contributed by atoms with Crippen LogP contribution >= 0.6 is 39.3 Å². The maximum Gasteiger partial charge on any atom is 0.263 e. The molecule has 0 spiro atoms. The second-order valence-electron chi connectivity index (χ2n) is 9.43. The Morgan fingerprint density at radius 2 is 1.78 bits per heavy atom. The number of carbonyl (C=O) groups is 2. The number of amides is 2. The van der Waals surface area contributed by atoms with Crippen LogP contribution in [0.25, 0.3) is 10.9 Å². The van der Waals surface area contributed by atoms with Gasteiger partial charge in [-0.2, -0.15) is 0 Å². The van der Waals surface area contributed by atoms with Crippen molar-refractivity contribution in [3.05, 3.63) is 98.6 Å². The molecule has 4 aromatic rings. The van der Waals surface area contributed by atoms with Gasteiger partial charge in [0, 0.05) is 44.3 Å². The van der Waals surface area contributed by atoms with Gasteiger partial charge in [-0.15, -0.1) is 0 Å². The number of hydrogen-bond acceptors (Lipinski definition) is 5. The van der Waals surface area contributed by atoms with Gasteiger partial charge in [-0.1, -0.05) is 57.5 Å². The molecule has 37 heavy (non-hydrogen) atoms. The number of carbonyl (C=O) groups excluding carboxylic acids is 2. The molecule has 1 unspecified atom stereocenters. The van der Waals surface area contributed by atoms with E-state index >= 15 is 0 Å². The van der Waals surface area contributed by atoms with Crippen LogP contribution in [-0.4, -0.2) is 45.7 Å². The van der Waals surface area contributed by atoms with E-state index in [1.165, 1.54) is 15.4 Å². The zero-order valence-electron chi connectivity index (χ0n) is 20.1.